The van der Waals surface area contributed by atoms with Crippen molar-refractivity contribution in [3.8, 4) is 0 Å². The lowest BCUT2D eigenvalue weighted by atomic mass is 9.93. The molecule has 0 unspecified atom stereocenters. The van der Waals surface area contributed by atoms with Crippen molar-refractivity contribution < 1.29 is 8.78 Å². The van der Waals surface area contributed by atoms with Gasteiger partial charge in [-0.3, -0.25) is 0 Å². The summed E-state index contributed by atoms with van der Waals surface area (Å²) in [5.74, 6) is -0.870. The lowest BCUT2D eigenvalue weighted by Gasteiger charge is -2.35. The number of nitrogens with one attached hydrogen (secondary N) is 1. The van der Waals surface area contributed by atoms with Crippen molar-refractivity contribution in [1.29, 1.82) is 0 Å². The van der Waals surface area contributed by atoms with Gasteiger partial charge in [0.1, 0.15) is 17.3 Å². The van der Waals surface area contributed by atoms with Crippen LogP contribution in [0.15, 0.2) is 12.1 Å². The van der Waals surface area contributed by atoms with Gasteiger partial charge in [0.25, 0.3) is 0 Å². The molecule has 1 aromatic rings. The SMILES string of the molecule is CCNCc1cc(F)c(N(CC)C2CCCCC2)c(F)c1. The summed E-state index contributed by atoms with van der Waals surface area (Å²) in [5.41, 5.74) is 0.819. The molecular formula is C17H26F2N2. The number of hydrogen-bond donors (Lipinski definition) is 1. The minimum Gasteiger partial charge on any atom is -0.364 e. The highest BCUT2D eigenvalue weighted by molar-refractivity contribution is 5.51. The fourth-order valence-electron chi connectivity index (χ4n) is 3.26. The van der Waals surface area contributed by atoms with E-state index in [1.807, 2.05) is 18.7 Å². The van der Waals surface area contributed by atoms with E-state index in [2.05, 4.69) is 5.32 Å². The van der Waals surface area contributed by atoms with E-state index in [0.717, 1.165) is 32.2 Å². The van der Waals surface area contributed by atoms with E-state index in [-0.39, 0.29) is 11.7 Å². The van der Waals surface area contributed by atoms with Crippen LogP contribution in [-0.4, -0.2) is 19.1 Å². The first-order valence-corrected chi connectivity index (χ1v) is 8.12. The maximum absolute atomic E-state index is 14.4. The lowest BCUT2D eigenvalue weighted by Crippen LogP contribution is -2.38. The molecule has 0 aliphatic heterocycles. The van der Waals surface area contributed by atoms with Gasteiger partial charge < -0.3 is 10.2 Å². The van der Waals surface area contributed by atoms with Gasteiger partial charge >= 0.3 is 0 Å². The second-order valence-corrected chi connectivity index (χ2v) is 5.77. The molecule has 1 fully saturated rings. The van der Waals surface area contributed by atoms with Crippen molar-refractivity contribution in [1.82, 2.24) is 5.32 Å². The molecule has 0 spiro atoms. The maximum Gasteiger partial charge on any atom is 0.149 e. The fourth-order valence-corrected chi connectivity index (χ4v) is 3.26. The molecule has 4 heteroatoms. The summed E-state index contributed by atoms with van der Waals surface area (Å²) >= 11 is 0. The standard InChI is InChI=1S/C17H26F2N2/c1-3-20-12-13-10-15(18)17(16(19)11-13)21(4-2)14-8-6-5-7-9-14/h10-11,14,20H,3-9,12H2,1-2H3. The Morgan fingerprint density at radius 1 is 1.10 bits per heavy atom. The zero-order chi connectivity index (χ0) is 15.2. The second kappa shape index (κ2) is 7.74. The van der Waals surface area contributed by atoms with E-state index < -0.39 is 11.6 Å². The van der Waals surface area contributed by atoms with Crippen LogP contribution in [0.1, 0.15) is 51.5 Å². The van der Waals surface area contributed by atoms with Crippen LogP contribution in [0.4, 0.5) is 14.5 Å². The monoisotopic (exact) mass is 296 g/mol. The van der Waals surface area contributed by atoms with Crippen molar-refractivity contribution in [2.24, 2.45) is 0 Å². The molecule has 0 saturated heterocycles. The van der Waals surface area contributed by atoms with Crippen molar-refractivity contribution in [3.63, 3.8) is 0 Å². The number of hydrogen-bond acceptors (Lipinski definition) is 2. The Balaban J connectivity index is 2.23. The van der Waals surface area contributed by atoms with Gasteiger partial charge in [0.2, 0.25) is 0 Å². The zero-order valence-electron chi connectivity index (χ0n) is 13.1. The predicted molar refractivity (Wildman–Crippen MR) is 83.6 cm³/mol. The van der Waals surface area contributed by atoms with E-state index in [0.29, 0.717) is 18.7 Å². The van der Waals surface area contributed by atoms with Crippen LogP contribution in [-0.2, 0) is 6.54 Å². The first-order valence-electron chi connectivity index (χ1n) is 8.12. The van der Waals surface area contributed by atoms with Crippen LogP contribution in [0.25, 0.3) is 0 Å². The summed E-state index contributed by atoms with van der Waals surface area (Å²) in [5, 5.41) is 3.10. The van der Waals surface area contributed by atoms with Crippen LogP contribution >= 0.6 is 0 Å². The minimum absolute atomic E-state index is 0.157. The molecule has 0 amide bonds. The van der Waals surface area contributed by atoms with Gasteiger partial charge in [-0.05, 0) is 44.0 Å². The Kier molecular flexibility index (Phi) is 5.97. The third kappa shape index (κ3) is 3.94. The van der Waals surface area contributed by atoms with Gasteiger partial charge in [-0.15, -0.1) is 0 Å². The van der Waals surface area contributed by atoms with Gasteiger partial charge in [-0.1, -0.05) is 26.2 Å². The van der Waals surface area contributed by atoms with Crippen LogP contribution < -0.4 is 10.2 Å². The first-order chi connectivity index (χ1) is 10.2. The molecule has 2 nitrogen and oxygen atoms in total. The summed E-state index contributed by atoms with van der Waals surface area (Å²) in [4.78, 5) is 1.92. The lowest BCUT2D eigenvalue weighted by molar-refractivity contribution is 0.410. The molecule has 1 aromatic carbocycles. The second-order valence-electron chi connectivity index (χ2n) is 5.77. The van der Waals surface area contributed by atoms with E-state index >= 15 is 0 Å². The molecule has 1 aliphatic rings. The predicted octanol–water partition coefficient (Wildman–Crippen LogP) is 4.23. The Morgan fingerprint density at radius 2 is 1.71 bits per heavy atom. The average Bonchev–Trinajstić information content (AvgIpc) is 2.49. The maximum atomic E-state index is 14.4. The summed E-state index contributed by atoms with van der Waals surface area (Å²) in [6.07, 6.45) is 5.62. The van der Waals surface area contributed by atoms with Crippen LogP contribution in [0, 0.1) is 11.6 Å². The smallest absolute Gasteiger partial charge is 0.149 e. The average molecular weight is 296 g/mol. The van der Waals surface area contributed by atoms with E-state index in [1.165, 1.54) is 18.6 Å². The number of nitrogens with zero attached hydrogens (tertiary/aromatic N) is 1. The molecule has 1 aliphatic carbocycles. The number of halogens is 2. The Morgan fingerprint density at radius 3 is 2.24 bits per heavy atom. The number of anilines is 1. The van der Waals surface area contributed by atoms with Crippen molar-refractivity contribution in [3.05, 3.63) is 29.3 Å². The fraction of sp³-hybridized carbons (Fsp3) is 0.647. The highest BCUT2D eigenvalue weighted by Gasteiger charge is 2.25. The van der Waals surface area contributed by atoms with Crippen molar-refractivity contribution >= 4 is 5.69 Å². The first kappa shape index (κ1) is 16.2. The number of benzene rings is 1. The molecular weight excluding hydrogens is 270 g/mol. The largest absolute Gasteiger partial charge is 0.364 e. The van der Waals surface area contributed by atoms with Crippen molar-refractivity contribution in [2.75, 3.05) is 18.0 Å². The van der Waals surface area contributed by atoms with Gasteiger partial charge in [0, 0.05) is 19.1 Å². The molecule has 0 radical (unpaired) electrons. The number of rotatable bonds is 6. The molecule has 1 saturated carbocycles. The molecule has 118 valence electrons. The van der Waals surface area contributed by atoms with Crippen molar-refractivity contribution in [2.45, 2.75) is 58.5 Å². The normalized spacial score (nSPS) is 16.2. The summed E-state index contributed by atoms with van der Waals surface area (Å²) in [6, 6.07) is 3.20. The van der Waals surface area contributed by atoms with Crippen LogP contribution in [0.5, 0.6) is 0 Å². The van der Waals surface area contributed by atoms with Gasteiger partial charge in [0.05, 0.1) is 0 Å². The highest BCUT2D eigenvalue weighted by atomic mass is 19.1. The van der Waals surface area contributed by atoms with Gasteiger partial charge in [0.15, 0.2) is 0 Å². The molecule has 0 atom stereocenters. The van der Waals surface area contributed by atoms with Gasteiger partial charge in [-0.25, -0.2) is 8.78 Å². The molecule has 1 N–H and O–H groups in total. The molecule has 0 bridgehead atoms. The summed E-state index contributed by atoms with van der Waals surface area (Å²) in [6.45, 7) is 5.88. The van der Waals surface area contributed by atoms with Crippen LogP contribution in [0.2, 0.25) is 0 Å². The van der Waals surface area contributed by atoms with Crippen LogP contribution in [0.3, 0.4) is 0 Å². The Hall–Kier alpha value is -1.16. The zero-order valence-corrected chi connectivity index (χ0v) is 13.1. The minimum atomic E-state index is -0.435. The molecule has 0 aromatic heterocycles. The summed E-state index contributed by atoms with van der Waals surface area (Å²) in [7, 11) is 0. The quantitative estimate of drug-likeness (QED) is 0.845. The van der Waals surface area contributed by atoms with E-state index in [4.69, 9.17) is 0 Å². The summed E-state index contributed by atoms with van der Waals surface area (Å²) < 4.78 is 28.8. The van der Waals surface area contributed by atoms with E-state index in [1.54, 1.807) is 0 Å². The topological polar surface area (TPSA) is 15.3 Å². The molecule has 21 heavy (non-hydrogen) atoms. The highest BCUT2D eigenvalue weighted by Crippen LogP contribution is 2.31. The molecule has 2 rings (SSSR count). The van der Waals surface area contributed by atoms with E-state index in [9.17, 15) is 8.78 Å². The molecule has 0 heterocycles. The van der Waals surface area contributed by atoms with Gasteiger partial charge in [-0.2, -0.15) is 0 Å². The Labute approximate surface area is 126 Å². The third-order valence-electron chi connectivity index (χ3n) is 4.30. The third-order valence-corrected chi connectivity index (χ3v) is 4.30. The Bertz CT molecular complexity index is 433.